The topological polar surface area (TPSA) is 35.5 Å². The first kappa shape index (κ1) is 19.9. The molecule has 26 heavy (non-hydrogen) atoms. The molecule has 0 saturated heterocycles. The third kappa shape index (κ3) is 4.38. The van der Waals surface area contributed by atoms with Crippen LogP contribution in [0.4, 0.5) is 0 Å². The molecule has 2 rings (SSSR count). The number of carbonyl (C=O) groups is 1. The Kier molecular flexibility index (Phi) is 6.32. The zero-order chi connectivity index (χ0) is 19.3. The molecular formula is C22H24O3S. The molecule has 1 aromatic rings. The maximum Gasteiger partial charge on any atom is 0.166 e. The Balaban J connectivity index is 2.38. The number of hydrogen-bond acceptors (Lipinski definition) is 4. The van der Waals surface area contributed by atoms with Crippen molar-refractivity contribution in [3.05, 3.63) is 66.3 Å². The SMILES string of the molecule is C=CC(C)(C)c1cc(/C=C/C(=O)C2C=CC(=S)C=C2)c(OC)cc1OC. The number of ether oxygens (including phenoxy) is 2. The molecule has 0 N–H and O–H groups in total. The summed E-state index contributed by atoms with van der Waals surface area (Å²) in [6, 6.07) is 3.81. The molecule has 4 heteroatoms. The normalized spacial score (nSPS) is 14.7. The largest absolute Gasteiger partial charge is 0.496 e. The van der Waals surface area contributed by atoms with Crippen molar-refractivity contribution >= 4 is 28.9 Å². The minimum absolute atomic E-state index is 0.0117. The highest BCUT2D eigenvalue weighted by molar-refractivity contribution is 7.81. The fraction of sp³-hybridized carbons (Fsp3) is 0.273. The fourth-order valence-corrected chi connectivity index (χ4v) is 2.81. The maximum absolute atomic E-state index is 12.4. The quantitative estimate of drug-likeness (QED) is 0.391. The van der Waals surface area contributed by atoms with Gasteiger partial charge in [-0.05, 0) is 30.4 Å². The Morgan fingerprint density at radius 1 is 1.15 bits per heavy atom. The van der Waals surface area contributed by atoms with E-state index >= 15 is 0 Å². The molecule has 0 bridgehead atoms. The summed E-state index contributed by atoms with van der Waals surface area (Å²) in [7, 11) is 3.22. The van der Waals surface area contributed by atoms with Crippen molar-refractivity contribution in [2.24, 2.45) is 5.92 Å². The molecule has 1 aliphatic carbocycles. The van der Waals surface area contributed by atoms with Gasteiger partial charge in [-0.3, -0.25) is 4.79 Å². The van der Waals surface area contributed by atoms with E-state index in [4.69, 9.17) is 21.7 Å². The second-order valence-electron chi connectivity index (χ2n) is 6.60. The van der Waals surface area contributed by atoms with Crippen molar-refractivity contribution in [3.63, 3.8) is 0 Å². The van der Waals surface area contributed by atoms with Gasteiger partial charge in [0.15, 0.2) is 5.78 Å². The molecule has 3 nitrogen and oxygen atoms in total. The first-order valence-corrected chi connectivity index (χ1v) is 8.75. The second-order valence-corrected chi connectivity index (χ2v) is 7.07. The van der Waals surface area contributed by atoms with E-state index in [1.165, 1.54) is 0 Å². The van der Waals surface area contributed by atoms with Gasteiger partial charge in [-0.2, -0.15) is 0 Å². The molecule has 0 radical (unpaired) electrons. The first-order chi connectivity index (χ1) is 12.3. The molecule has 0 fully saturated rings. The highest BCUT2D eigenvalue weighted by atomic mass is 32.1. The van der Waals surface area contributed by atoms with Gasteiger partial charge in [0.1, 0.15) is 11.5 Å². The van der Waals surface area contributed by atoms with Crippen molar-refractivity contribution < 1.29 is 14.3 Å². The molecule has 0 aromatic heterocycles. The number of methoxy groups -OCH3 is 2. The zero-order valence-electron chi connectivity index (χ0n) is 15.6. The van der Waals surface area contributed by atoms with Crippen molar-refractivity contribution in [1.29, 1.82) is 0 Å². The molecule has 0 aliphatic heterocycles. The van der Waals surface area contributed by atoms with Gasteiger partial charge < -0.3 is 9.47 Å². The summed E-state index contributed by atoms with van der Waals surface area (Å²) in [5, 5.41) is 0. The van der Waals surface area contributed by atoms with Crippen LogP contribution in [-0.4, -0.2) is 24.9 Å². The van der Waals surface area contributed by atoms with Crippen molar-refractivity contribution in [3.8, 4) is 11.5 Å². The van der Waals surface area contributed by atoms with Gasteiger partial charge in [0, 0.05) is 27.5 Å². The molecule has 0 spiro atoms. The minimum atomic E-state index is -0.286. The minimum Gasteiger partial charge on any atom is -0.496 e. The summed E-state index contributed by atoms with van der Waals surface area (Å²) < 4.78 is 11.0. The van der Waals surface area contributed by atoms with Crippen LogP contribution in [0.1, 0.15) is 25.0 Å². The van der Waals surface area contributed by atoms with Gasteiger partial charge in [-0.15, -0.1) is 6.58 Å². The smallest absolute Gasteiger partial charge is 0.166 e. The van der Waals surface area contributed by atoms with Gasteiger partial charge in [0.2, 0.25) is 0 Å². The van der Waals surface area contributed by atoms with E-state index in [9.17, 15) is 4.79 Å². The molecule has 1 aliphatic rings. The van der Waals surface area contributed by atoms with E-state index in [-0.39, 0.29) is 17.1 Å². The average Bonchev–Trinajstić information content (AvgIpc) is 2.65. The predicted octanol–water partition coefficient (Wildman–Crippen LogP) is 4.86. The van der Waals surface area contributed by atoms with Crippen LogP contribution in [0.3, 0.4) is 0 Å². The maximum atomic E-state index is 12.4. The van der Waals surface area contributed by atoms with E-state index in [2.05, 4.69) is 20.4 Å². The van der Waals surface area contributed by atoms with Crippen LogP contribution < -0.4 is 9.47 Å². The molecule has 0 heterocycles. The van der Waals surface area contributed by atoms with E-state index in [1.807, 2.05) is 30.4 Å². The van der Waals surface area contributed by atoms with Crippen LogP contribution in [0.25, 0.3) is 6.08 Å². The molecular weight excluding hydrogens is 344 g/mol. The fourth-order valence-electron chi connectivity index (χ4n) is 2.66. The highest BCUT2D eigenvalue weighted by Gasteiger charge is 2.23. The van der Waals surface area contributed by atoms with Crippen LogP contribution in [-0.2, 0) is 10.2 Å². The molecule has 0 atom stereocenters. The second kappa shape index (κ2) is 8.28. The monoisotopic (exact) mass is 368 g/mol. The summed E-state index contributed by atoms with van der Waals surface area (Å²) >= 11 is 5.06. The lowest BCUT2D eigenvalue weighted by molar-refractivity contribution is -0.115. The van der Waals surface area contributed by atoms with Crippen LogP contribution in [0, 0.1) is 5.92 Å². The van der Waals surface area contributed by atoms with Gasteiger partial charge >= 0.3 is 0 Å². The number of carbonyl (C=O) groups excluding carboxylic acids is 1. The van der Waals surface area contributed by atoms with Crippen LogP contribution in [0.15, 0.2) is 55.2 Å². The van der Waals surface area contributed by atoms with Gasteiger partial charge in [-0.25, -0.2) is 0 Å². The molecule has 0 saturated carbocycles. The van der Waals surface area contributed by atoms with Crippen LogP contribution in [0.5, 0.6) is 11.5 Å². The number of ketones is 1. The number of rotatable bonds is 7. The summed E-state index contributed by atoms with van der Waals surface area (Å²) in [4.78, 5) is 13.2. The molecule has 136 valence electrons. The summed E-state index contributed by atoms with van der Waals surface area (Å²) in [5.74, 6) is 1.07. The Morgan fingerprint density at radius 3 is 2.31 bits per heavy atom. The lowest BCUT2D eigenvalue weighted by Gasteiger charge is -2.24. The summed E-state index contributed by atoms with van der Waals surface area (Å²) in [6.45, 7) is 8.03. The van der Waals surface area contributed by atoms with E-state index < -0.39 is 0 Å². The van der Waals surface area contributed by atoms with Gasteiger partial charge in [0.25, 0.3) is 0 Å². The number of allylic oxidation sites excluding steroid dienone is 6. The van der Waals surface area contributed by atoms with Crippen molar-refractivity contribution in [1.82, 2.24) is 0 Å². The van der Waals surface area contributed by atoms with E-state index in [1.54, 1.807) is 38.5 Å². The first-order valence-electron chi connectivity index (χ1n) is 8.34. The molecule has 1 aromatic carbocycles. The Hall–Kier alpha value is -2.46. The van der Waals surface area contributed by atoms with Crippen LogP contribution in [0.2, 0.25) is 0 Å². The number of hydrogen-bond donors (Lipinski definition) is 0. The van der Waals surface area contributed by atoms with E-state index in [0.717, 1.165) is 21.7 Å². The Labute approximate surface area is 160 Å². The lowest BCUT2D eigenvalue weighted by Crippen LogP contribution is -2.15. The molecule has 0 amide bonds. The zero-order valence-corrected chi connectivity index (χ0v) is 16.4. The van der Waals surface area contributed by atoms with Crippen molar-refractivity contribution in [2.75, 3.05) is 14.2 Å². The van der Waals surface area contributed by atoms with Gasteiger partial charge in [-0.1, -0.05) is 44.3 Å². The standard InChI is InChI=1S/C22H24O3S/c1-6-22(2,3)18-13-16(20(24-4)14-21(18)25-5)9-12-19(23)15-7-10-17(26)11-8-15/h6-15H,1H2,2-5H3/b12-9+. The van der Waals surface area contributed by atoms with E-state index in [0.29, 0.717) is 5.75 Å². The lowest BCUT2D eigenvalue weighted by atomic mass is 9.83. The highest BCUT2D eigenvalue weighted by Crippen LogP contribution is 2.38. The van der Waals surface area contributed by atoms with Crippen LogP contribution >= 0.6 is 12.2 Å². The average molecular weight is 368 g/mol. The Bertz CT molecular complexity index is 797. The van der Waals surface area contributed by atoms with Gasteiger partial charge in [0.05, 0.1) is 20.1 Å². The predicted molar refractivity (Wildman–Crippen MR) is 111 cm³/mol. The Morgan fingerprint density at radius 2 is 1.77 bits per heavy atom. The summed E-state index contributed by atoms with van der Waals surface area (Å²) in [6.07, 6.45) is 12.4. The summed E-state index contributed by atoms with van der Waals surface area (Å²) in [5.41, 5.74) is 1.51. The van der Waals surface area contributed by atoms with Crippen molar-refractivity contribution in [2.45, 2.75) is 19.3 Å². The molecule has 0 unspecified atom stereocenters. The number of thiocarbonyl (C=S) groups is 1. The number of benzene rings is 1. The third-order valence-corrected chi connectivity index (χ3v) is 4.72. The third-order valence-electron chi connectivity index (χ3n) is 4.45.